The minimum Gasteiger partial charge on any atom is -0.311 e. The van der Waals surface area contributed by atoms with E-state index in [0.717, 1.165) is 16.7 Å². The van der Waals surface area contributed by atoms with Crippen LogP contribution >= 0.6 is 35.8 Å². The molecule has 0 radical (unpaired) electrons. The second-order valence-electron chi connectivity index (χ2n) is 10.4. The highest BCUT2D eigenvalue weighted by molar-refractivity contribution is 7.81. The molecule has 2 atom stereocenters. The largest absolute Gasteiger partial charge is 0.311 e. The molecule has 2 rings (SSSR count). The fourth-order valence-electron chi connectivity index (χ4n) is 4.48. The van der Waals surface area contributed by atoms with Crippen molar-refractivity contribution in [3.8, 4) is 6.07 Å². The Bertz CT molecular complexity index is 1140. The summed E-state index contributed by atoms with van der Waals surface area (Å²) in [6, 6.07) is 11.9. The number of aryl methyl sites for hydroxylation is 2. The zero-order chi connectivity index (χ0) is 27.3. The molecular weight excluding hydrogens is 512 g/mol. The molecule has 2 aromatic carbocycles. The van der Waals surface area contributed by atoms with Gasteiger partial charge >= 0.3 is 0 Å². The molecule has 0 spiro atoms. The molecule has 7 heteroatoms. The van der Waals surface area contributed by atoms with Gasteiger partial charge < -0.3 is 5.41 Å². The van der Waals surface area contributed by atoms with E-state index < -0.39 is 15.8 Å². The standard InChI is InChI=1S/C29H36Cl2FN3S/c1-19(2)28(6,23-10-9-21(22(15-23)17-34)8-7-12-35-13-11-33)18-29(36,27(4,5)32)24-14-20(3)26(31)25(30)16-24/h9-12,14-16,19,33,36H,7-8,13,18H2,1-6H3. The Labute approximate surface area is 231 Å². The molecule has 0 aliphatic heterocycles. The highest BCUT2D eigenvalue weighted by Gasteiger charge is 2.50. The van der Waals surface area contributed by atoms with Crippen molar-refractivity contribution in [2.75, 3.05) is 6.54 Å². The molecule has 0 aliphatic carbocycles. The topological polar surface area (TPSA) is 60.0 Å². The number of alkyl halides is 1. The molecule has 0 heterocycles. The van der Waals surface area contributed by atoms with Crippen LogP contribution in [-0.2, 0) is 16.6 Å². The molecule has 0 amide bonds. The summed E-state index contributed by atoms with van der Waals surface area (Å²) in [6.45, 7) is 11.6. The maximum absolute atomic E-state index is 16.0. The van der Waals surface area contributed by atoms with Crippen LogP contribution in [0.1, 0.15) is 75.3 Å². The molecule has 0 fully saturated rings. The lowest BCUT2D eigenvalue weighted by Gasteiger charge is -2.47. The van der Waals surface area contributed by atoms with E-state index in [2.05, 4.69) is 31.8 Å². The number of halogens is 3. The smallest absolute Gasteiger partial charge is 0.123 e. The molecule has 0 bridgehead atoms. The second-order valence-corrected chi connectivity index (χ2v) is 12.0. The minimum absolute atomic E-state index is 0.126. The molecule has 0 aromatic heterocycles. The molecule has 2 unspecified atom stereocenters. The molecule has 3 nitrogen and oxygen atoms in total. The Morgan fingerprint density at radius 3 is 2.36 bits per heavy atom. The molecule has 36 heavy (non-hydrogen) atoms. The van der Waals surface area contributed by atoms with Crippen LogP contribution in [0.3, 0.4) is 0 Å². The second kappa shape index (κ2) is 12.1. The molecule has 194 valence electrons. The first-order valence-corrected chi connectivity index (χ1v) is 13.3. The normalized spacial score (nSPS) is 15.5. The lowest BCUT2D eigenvalue weighted by Crippen LogP contribution is -2.46. The fraction of sp³-hybridized carbons (Fsp3) is 0.483. The Morgan fingerprint density at radius 2 is 1.83 bits per heavy atom. The fourth-order valence-corrected chi connectivity index (χ4v) is 5.32. The summed E-state index contributed by atoms with van der Waals surface area (Å²) in [5, 5.41) is 17.8. The summed E-state index contributed by atoms with van der Waals surface area (Å²) >= 11 is 17.7. The first-order valence-electron chi connectivity index (χ1n) is 12.1. The Morgan fingerprint density at radius 1 is 1.17 bits per heavy atom. The van der Waals surface area contributed by atoms with Gasteiger partial charge in [0.2, 0.25) is 0 Å². The molecule has 0 saturated heterocycles. The molecule has 1 N–H and O–H groups in total. The maximum Gasteiger partial charge on any atom is 0.123 e. The van der Waals surface area contributed by atoms with Gasteiger partial charge in [-0.2, -0.15) is 17.9 Å². The van der Waals surface area contributed by atoms with Crippen LogP contribution in [-0.4, -0.2) is 24.6 Å². The number of hydrogen-bond acceptors (Lipinski definition) is 4. The van der Waals surface area contributed by atoms with Crippen molar-refractivity contribution in [2.45, 2.75) is 76.6 Å². The van der Waals surface area contributed by atoms with Crippen LogP contribution in [0, 0.1) is 29.6 Å². The van der Waals surface area contributed by atoms with Crippen molar-refractivity contribution >= 4 is 48.3 Å². The van der Waals surface area contributed by atoms with Crippen LogP contribution in [0.25, 0.3) is 0 Å². The van der Waals surface area contributed by atoms with Gasteiger partial charge in [-0.25, -0.2) is 4.39 Å². The maximum atomic E-state index is 16.0. The number of nitrogens with one attached hydrogen (secondary N) is 1. The van der Waals surface area contributed by atoms with Crippen molar-refractivity contribution < 1.29 is 4.39 Å². The minimum atomic E-state index is -1.69. The number of benzene rings is 2. The summed E-state index contributed by atoms with van der Waals surface area (Å²) in [4.78, 5) is 4.14. The molecular formula is C29H36Cl2FN3S. The van der Waals surface area contributed by atoms with Gasteiger partial charge in [0.25, 0.3) is 0 Å². The van der Waals surface area contributed by atoms with E-state index in [-0.39, 0.29) is 5.92 Å². The van der Waals surface area contributed by atoms with Crippen molar-refractivity contribution in [2.24, 2.45) is 10.9 Å². The van der Waals surface area contributed by atoms with Gasteiger partial charge in [-0.3, -0.25) is 4.99 Å². The van der Waals surface area contributed by atoms with Gasteiger partial charge in [0.1, 0.15) is 5.67 Å². The highest BCUT2D eigenvalue weighted by atomic mass is 35.5. The van der Waals surface area contributed by atoms with Crippen molar-refractivity contribution in [3.63, 3.8) is 0 Å². The summed E-state index contributed by atoms with van der Waals surface area (Å²) in [6.07, 6.45) is 4.78. The van der Waals surface area contributed by atoms with Crippen molar-refractivity contribution in [1.82, 2.24) is 0 Å². The summed E-state index contributed by atoms with van der Waals surface area (Å²) in [5.41, 5.74) is 1.78. The molecule has 0 saturated carbocycles. The Balaban J connectivity index is 2.56. The van der Waals surface area contributed by atoms with E-state index in [9.17, 15) is 5.26 Å². The number of nitrogens with zero attached hydrogens (tertiary/aromatic N) is 2. The van der Waals surface area contributed by atoms with Gasteiger partial charge in [-0.1, -0.05) is 62.2 Å². The van der Waals surface area contributed by atoms with Crippen LogP contribution in [0.15, 0.2) is 35.3 Å². The number of thiol groups is 1. The zero-order valence-electron chi connectivity index (χ0n) is 21.9. The van der Waals surface area contributed by atoms with E-state index in [4.69, 9.17) is 41.2 Å². The number of rotatable bonds is 11. The van der Waals surface area contributed by atoms with Gasteiger partial charge in [0.05, 0.1) is 33.0 Å². The molecule has 2 aromatic rings. The van der Waals surface area contributed by atoms with Crippen LogP contribution in [0.5, 0.6) is 0 Å². The van der Waals surface area contributed by atoms with E-state index in [1.165, 1.54) is 6.21 Å². The van der Waals surface area contributed by atoms with Crippen LogP contribution in [0.2, 0.25) is 10.0 Å². The first kappa shape index (κ1) is 30.4. The van der Waals surface area contributed by atoms with Gasteiger partial charge in [0, 0.05) is 6.21 Å². The van der Waals surface area contributed by atoms with E-state index >= 15 is 4.39 Å². The van der Waals surface area contributed by atoms with Gasteiger partial charge in [0.15, 0.2) is 0 Å². The highest BCUT2D eigenvalue weighted by Crippen LogP contribution is 2.53. The quantitative estimate of drug-likeness (QED) is 0.214. The third-order valence-corrected chi connectivity index (χ3v) is 9.17. The van der Waals surface area contributed by atoms with Crippen LogP contribution < -0.4 is 0 Å². The van der Waals surface area contributed by atoms with E-state index in [1.54, 1.807) is 26.1 Å². The third-order valence-electron chi connectivity index (χ3n) is 7.33. The number of nitriles is 1. The Kier molecular flexibility index (Phi) is 10.2. The summed E-state index contributed by atoms with van der Waals surface area (Å²) < 4.78 is 14.8. The lowest BCUT2D eigenvalue weighted by atomic mass is 9.64. The third kappa shape index (κ3) is 6.52. The SMILES string of the molecule is Cc1cc(C(S)(CC(C)(c2ccc(CCC=NCC=N)c(C#N)c2)C(C)C)C(C)(C)F)cc(Cl)c1Cl. The lowest BCUT2D eigenvalue weighted by molar-refractivity contribution is 0.114. The zero-order valence-corrected chi connectivity index (χ0v) is 24.3. The van der Waals surface area contributed by atoms with E-state index in [1.807, 2.05) is 31.2 Å². The van der Waals surface area contributed by atoms with Crippen molar-refractivity contribution in [1.29, 1.82) is 10.7 Å². The average molecular weight is 549 g/mol. The van der Waals surface area contributed by atoms with Gasteiger partial charge in [-0.15, -0.1) is 0 Å². The first-order chi connectivity index (χ1) is 16.7. The predicted molar refractivity (Wildman–Crippen MR) is 155 cm³/mol. The molecule has 0 aliphatic rings. The number of hydrogen-bond donors (Lipinski definition) is 2. The average Bonchev–Trinajstić information content (AvgIpc) is 2.81. The number of aliphatic imine (C=N–C) groups is 1. The van der Waals surface area contributed by atoms with E-state index in [0.29, 0.717) is 47.0 Å². The monoisotopic (exact) mass is 547 g/mol. The van der Waals surface area contributed by atoms with Crippen LogP contribution in [0.4, 0.5) is 4.39 Å². The predicted octanol–water partition coefficient (Wildman–Crippen LogP) is 8.70. The summed E-state index contributed by atoms with van der Waals surface area (Å²) in [7, 11) is 0. The Hall–Kier alpha value is -1.87. The van der Waals surface area contributed by atoms with Crippen molar-refractivity contribution in [3.05, 3.63) is 68.2 Å². The van der Waals surface area contributed by atoms with Gasteiger partial charge in [-0.05, 0) is 92.0 Å². The summed E-state index contributed by atoms with van der Waals surface area (Å²) in [5.74, 6) is 0.126.